The highest BCUT2D eigenvalue weighted by Crippen LogP contribution is 2.40. The third-order valence-electron chi connectivity index (χ3n) is 3.76. The van der Waals surface area contributed by atoms with Gasteiger partial charge in [-0.25, -0.2) is 0 Å². The van der Waals surface area contributed by atoms with Gasteiger partial charge in [0.15, 0.2) is 0 Å². The minimum Gasteiger partial charge on any atom is -0.330 e. The maximum absolute atomic E-state index is 10.8. The Labute approximate surface area is 117 Å². The molecule has 1 aromatic rings. The predicted octanol–water partition coefficient (Wildman–Crippen LogP) is 2.78. The van der Waals surface area contributed by atoms with Crippen LogP contribution in [-0.2, 0) is 0 Å². The molecule has 2 atom stereocenters. The number of thiophene rings is 1. The normalized spacial score (nSPS) is 24.5. The van der Waals surface area contributed by atoms with Gasteiger partial charge in [-0.1, -0.05) is 18.3 Å². The van der Waals surface area contributed by atoms with Crippen LogP contribution in [0.4, 0.5) is 5.00 Å². The van der Waals surface area contributed by atoms with E-state index in [0.29, 0.717) is 12.5 Å². The van der Waals surface area contributed by atoms with Crippen molar-refractivity contribution in [2.45, 2.75) is 32.2 Å². The molecule has 0 amide bonds. The number of nitro groups is 1. The Morgan fingerprint density at radius 1 is 1.58 bits per heavy atom. The molecule has 2 N–H and O–H groups in total. The number of likely N-dealkylation sites (tertiary alicyclic amines) is 1. The molecule has 2 heterocycles. The van der Waals surface area contributed by atoms with Gasteiger partial charge in [0.05, 0.1) is 4.92 Å². The summed E-state index contributed by atoms with van der Waals surface area (Å²) in [7, 11) is 0. The van der Waals surface area contributed by atoms with Gasteiger partial charge in [-0.05, 0) is 50.9 Å². The summed E-state index contributed by atoms with van der Waals surface area (Å²) in [6.45, 7) is 4.92. The molecule has 1 aromatic heterocycles. The van der Waals surface area contributed by atoms with E-state index >= 15 is 0 Å². The summed E-state index contributed by atoms with van der Waals surface area (Å²) in [5, 5.41) is 11.1. The molecule has 0 aliphatic carbocycles. The van der Waals surface area contributed by atoms with Crippen molar-refractivity contribution >= 4 is 16.3 Å². The van der Waals surface area contributed by atoms with Gasteiger partial charge in [0, 0.05) is 17.0 Å². The van der Waals surface area contributed by atoms with Crippen LogP contribution in [-0.4, -0.2) is 29.5 Å². The molecule has 1 fully saturated rings. The molecule has 0 saturated carbocycles. The van der Waals surface area contributed by atoms with Crippen molar-refractivity contribution in [3.63, 3.8) is 0 Å². The maximum atomic E-state index is 10.8. The Balaban J connectivity index is 2.25. The smallest absolute Gasteiger partial charge is 0.324 e. The molecule has 106 valence electrons. The minimum absolute atomic E-state index is 0.229. The third-order valence-corrected chi connectivity index (χ3v) is 4.87. The Kier molecular flexibility index (Phi) is 4.90. The summed E-state index contributed by atoms with van der Waals surface area (Å²) < 4.78 is 0. The molecule has 6 heteroatoms. The van der Waals surface area contributed by atoms with Crippen molar-refractivity contribution in [2.75, 3.05) is 19.6 Å². The van der Waals surface area contributed by atoms with Crippen molar-refractivity contribution in [2.24, 2.45) is 11.7 Å². The molecule has 5 nitrogen and oxygen atoms in total. The number of hydrogen-bond donors (Lipinski definition) is 1. The van der Waals surface area contributed by atoms with Gasteiger partial charge in [0.2, 0.25) is 0 Å². The van der Waals surface area contributed by atoms with Crippen LogP contribution in [0.3, 0.4) is 0 Å². The summed E-state index contributed by atoms with van der Waals surface area (Å²) in [4.78, 5) is 14.1. The van der Waals surface area contributed by atoms with Crippen molar-refractivity contribution in [3.8, 4) is 0 Å². The second-order valence-electron chi connectivity index (χ2n) is 5.05. The second kappa shape index (κ2) is 6.45. The van der Waals surface area contributed by atoms with Gasteiger partial charge in [0.1, 0.15) is 0 Å². The predicted molar refractivity (Wildman–Crippen MR) is 77.4 cm³/mol. The fourth-order valence-corrected chi connectivity index (χ4v) is 4.00. The Bertz CT molecular complexity index is 433. The maximum Gasteiger partial charge on any atom is 0.324 e. The Hall–Kier alpha value is -0.980. The molecule has 1 aliphatic rings. The van der Waals surface area contributed by atoms with E-state index in [1.807, 2.05) is 6.07 Å². The van der Waals surface area contributed by atoms with Crippen LogP contribution < -0.4 is 5.73 Å². The van der Waals surface area contributed by atoms with Gasteiger partial charge in [-0.2, -0.15) is 0 Å². The molecule has 2 rings (SSSR count). The fourth-order valence-electron chi connectivity index (χ4n) is 2.95. The molecule has 1 saturated heterocycles. The van der Waals surface area contributed by atoms with Gasteiger partial charge >= 0.3 is 5.00 Å². The van der Waals surface area contributed by atoms with E-state index in [9.17, 15) is 10.1 Å². The highest BCUT2D eigenvalue weighted by Gasteiger charge is 2.33. The minimum atomic E-state index is -0.307. The van der Waals surface area contributed by atoms with Crippen LogP contribution in [0.2, 0.25) is 0 Å². The van der Waals surface area contributed by atoms with Crippen LogP contribution in [0, 0.1) is 16.0 Å². The number of nitrogens with zero attached hydrogens (tertiary/aromatic N) is 2. The highest BCUT2D eigenvalue weighted by atomic mass is 32.1. The van der Waals surface area contributed by atoms with Gasteiger partial charge in [0.25, 0.3) is 0 Å². The standard InChI is InChI=1S/C13H21N3O2S/c1-2-7-15-8-3-4-10(9-14)13(15)11-5-6-12(19-11)16(17)18/h5-6,10,13H,2-4,7-9,14H2,1H3. The fraction of sp³-hybridized carbons (Fsp3) is 0.692. The molecular formula is C13H21N3O2S. The lowest BCUT2D eigenvalue weighted by Gasteiger charge is -2.40. The third kappa shape index (κ3) is 3.13. The zero-order chi connectivity index (χ0) is 13.8. The van der Waals surface area contributed by atoms with Crippen LogP contribution >= 0.6 is 11.3 Å². The number of rotatable bonds is 5. The van der Waals surface area contributed by atoms with Crippen LogP contribution in [0.5, 0.6) is 0 Å². The zero-order valence-electron chi connectivity index (χ0n) is 11.2. The highest BCUT2D eigenvalue weighted by molar-refractivity contribution is 7.15. The molecule has 1 aliphatic heterocycles. The largest absolute Gasteiger partial charge is 0.330 e. The van der Waals surface area contributed by atoms with E-state index in [1.165, 1.54) is 17.8 Å². The van der Waals surface area contributed by atoms with Crippen molar-refractivity contribution in [1.82, 2.24) is 4.90 Å². The molecule has 0 aromatic carbocycles. The zero-order valence-corrected chi connectivity index (χ0v) is 12.1. The monoisotopic (exact) mass is 283 g/mol. The first kappa shape index (κ1) is 14.4. The lowest BCUT2D eigenvalue weighted by Crippen LogP contribution is -2.41. The van der Waals surface area contributed by atoms with Gasteiger partial charge in [-0.3, -0.25) is 15.0 Å². The molecule has 19 heavy (non-hydrogen) atoms. The van der Waals surface area contributed by atoms with Crippen molar-refractivity contribution < 1.29 is 4.92 Å². The Morgan fingerprint density at radius 2 is 2.37 bits per heavy atom. The average Bonchev–Trinajstić information content (AvgIpc) is 2.88. The molecule has 0 bridgehead atoms. The summed E-state index contributed by atoms with van der Waals surface area (Å²) in [6.07, 6.45) is 3.39. The topological polar surface area (TPSA) is 72.4 Å². The summed E-state index contributed by atoms with van der Waals surface area (Å²) >= 11 is 1.30. The van der Waals surface area contributed by atoms with Crippen LogP contribution in [0.15, 0.2) is 12.1 Å². The lowest BCUT2D eigenvalue weighted by molar-refractivity contribution is -0.380. The van der Waals surface area contributed by atoms with Gasteiger partial charge < -0.3 is 5.73 Å². The first-order valence-electron chi connectivity index (χ1n) is 6.85. The summed E-state index contributed by atoms with van der Waals surface area (Å²) in [5.41, 5.74) is 5.90. The first-order chi connectivity index (χ1) is 9.17. The lowest BCUT2D eigenvalue weighted by atomic mass is 9.88. The molecule has 2 unspecified atom stereocenters. The van der Waals surface area contributed by atoms with Crippen LogP contribution in [0.1, 0.15) is 37.1 Å². The second-order valence-corrected chi connectivity index (χ2v) is 6.15. The van der Waals surface area contributed by atoms with E-state index in [2.05, 4.69) is 11.8 Å². The van der Waals surface area contributed by atoms with E-state index in [0.717, 1.165) is 30.8 Å². The van der Waals surface area contributed by atoms with Crippen molar-refractivity contribution in [1.29, 1.82) is 0 Å². The van der Waals surface area contributed by atoms with E-state index in [1.54, 1.807) is 6.07 Å². The van der Waals surface area contributed by atoms with E-state index in [4.69, 9.17) is 5.73 Å². The number of nitrogens with two attached hydrogens (primary N) is 1. The summed E-state index contributed by atoms with van der Waals surface area (Å²) in [6, 6.07) is 3.79. The quantitative estimate of drug-likeness (QED) is 0.666. The van der Waals surface area contributed by atoms with E-state index in [-0.39, 0.29) is 16.0 Å². The van der Waals surface area contributed by atoms with Gasteiger partial charge in [-0.15, -0.1) is 0 Å². The Morgan fingerprint density at radius 3 is 2.95 bits per heavy atom. The SMILES string of the molecule is CCCN1CCCC(CN)C1c1ccc([N+](=O)[O-])s1. The first-order valence-corrected chi connectivity index (χ1v) is 7.67. The van der Waals surface area contributed by atoms with Crippen molar-refractivity contribution in [3.05, 3.63) is 27.1 Å². The number of piperidine rings is 1. The average molecular weight is 283 g/mol. The van der Waals surface area contributed by atoms with Crippen LogP contribution in [0.25, 0.3) is 0 Å². The number of hydrogen-bond acceptors (Lipinski definition) is 5. The molecule has 0 spiro atoms. The summed E-state index contributed by atoms with van der Waals surface area (Å²) in [5.74, 6) is 0.415. The molecule has 0 radical (unpaired) electrons. The molecular weight excluding hydrogens is 262 g/mol. The van der Waals surface area contributed by atoms with E-state index < -0.39 is 0 Å².